The summed E-state index contributed by atoms with van der Waals surface area (Å²) in [7, 11) is 4.31. The highest BCUT2D eigenvalue weighted by atomic mass is 32.2. The highest BCUT2D eigenvalue weighted by Gasteiger charge is 2.20. The Morgan fingerprint density at radius 2 is 1.93 bits per heavy atom. The molecule has 0 aliphatic rings. The molecular formula is C23H28N4S. The van der Waals surface area contributed by atoms with Crippen molar-refractivity contribution >= 4 is 33.8 Å². The van der Waals surface area contributed by atoms with Crippen molar-refractivity contribution in [3.8, 4) is 0 Å². The topological polar surface area (TPSA) is 36.0 Å². The van der Waals surface area contributed by atoms with E-state index in [-0.39, 0.29) is 0 Å². The van der Waals surface area contributed by atoms with E-state index in [9.17, 15) is 0 Å². The summed E-state index contributed by atoms with van der Waals surface area (Å²) in [4.78, 5) is 6.78. The molecule has 2 heterocycles. The van der Waals surface area contributed by atoms with Gasteiger partial charge >= 0.3 is 0 Å². The monoisotopic (exact) mass is 392 g/mol. The number of nitrogens with one attached hydrogen (secondary N) is 2. The number of rotatable bonds is 7. The number of H-pyrrole nitrogens is 1. The van der Waals surface area contributed by atoms with Crippen LogP contribution >= 0.6 is 11.9 Å². The summed E-state index contributed by atoms with van der Waals surface area (Å²) in [5.41, 5.74) is 3.87. The number of hydrogen-bond donors (Lipinski definition) is 2. The van der Waals surface area contributed by atoms with Crippen molar-refractivity contribution in [2.24, 2.45) is 0 Å². The second-order valence-electron chi connectivity index (χ2n) is 7.76. The number of aromatic amines is 1. The predicted molar refractivity (Wildman–Crippen MR) is 121 cm³/mol. The van der Waals surface area contributed by atoms with Gasteiger partial charge in [-0.25, -0.2) is 0 Å². The summed E-state index contributed by atoms with van der Waals surface area (Å²) >= 11 is 1.70. The number of likely N-dealkylation sites (N-methyl/N-ethyl adjacent to an activating group) is 1. The fraction of sp³-hybridized carbons (Fsp3) is 0.304. The van der Waals surface area contributed by atoms with Gasteiger partial charge in [-0.05, 0) is 75.8 Å². The molecule has 0 radical (unpaired) electrons. The lowest BCUT2D eigenvalue weighted by Gasteiger charge is -2.24. The van der Waals surface area contributed by atoms with E-state index in [0.29, 0.717) is 12.1 Å². The van der Waals surface area contributed by atoms with Crippen molar-refractivity contribution in [2.45, 2.75) is 30.8 Å². The maximum atomic E-state index is 3.60. The molecule has 4 rings (SSSR count). The summed E-state index contributed by atoms with van der Waals surface area (Å²) in [5, 5.41) is 2.59. The van der Waals surface area contributed by atoms with Crippen LogP contribution in [0.15, 0.2) is 65.8 Å². The van der Waals surface area contributed by atoms with Crippen molar-refractivity contribution in [1.29, 1.82) is 0 Å². The summed E-state index contributed by atoms with van der Waals surface area (Å²) < 4.78 is 5.98. The molecule has 0 fully saturated rings. The first-order valence-electron chi connectivity index (χ1n) is 9.77. The van der Waals surface area contributed by atoms with E-state index in [0.717, 1.165) is 6.54 Å². The molecule has 0 aliphatic heterocycles. The number of aromatic nitrogens is 2. The third kappa shape index (κ3) is 3.70. The third-order valence-corrected chi connectivity index (χ3v) is 6.10. The molecule has 2 aromatic heterocycles. The van der Waals surface area contributed by atoms with Gasteiger partial charge in [-0.2, -0.15) is 0 Å². The van der Waals surface area contributed by atoms with Crippen LogP contribution in [0.5, 0.6) is 0 Å². The molecule has 1 unspecified atom stereocenters. The van der Waals surface area contributed by atoms with Crippen molar-refractivity contribution in [3.63, 3.8) is 0 Å². The van der Waals surface area contributed by atoms with Crippen molar-refractivity contribution in [2.75, 3.05) is 20.6 Å². The lowest BCUT2D eigenvalue weighted by molar-refractivity contribution is 0.302. The Balaban J connectivity index is 1.55. The first-order valence-corrected chi connectivity index (χ1v) is 10.6. The third-order valence-electron chi connectivity index (χ3n) is 5.30. The van der Waals surface area contributed by atoms with E-state index < -0.39 is 0 Å². The first kappa shape index (κ1) is 19.1. The number of nitrogens with zero attached hydrogens (tertiary/aromatic N) is 2. The summed E-state index contributed by atoms with van der Waals surface area (Å²) in [5.74, 6) is 0. The molecule has 0 bridgehead atoms. The van der Waals surface area contributed by atoms with E-state index in [1.54, 1.807) is 11.9 Å². The zero-order valence-electron chi connectivity index (χ0n) is 16.9. The second kappa shape index (κ2) is 8.03. The first-order chi connectivity index (χ1) is 13.5. The number of hydrogen-bond acceptors (Lipinski definition) is 3. The Morgan fingerprint density at radius 1 is 1.11 bits per heavy atom. The van der Waals surface area contributed by atoms with E-state index in [2.05, 4.69) is 102 Å². The molecule has 4 nitrogen and oxygen atoms in total. The van der Waals surface area contributed by atoms with Gasteiger partial charge in [-0.3, -0.25) is 4.72 Å². The molecule has 5 heteroatoms. The summed E-state index contributed by atoms with van der Waals surface area (Å²) in [6.45, 7) is 5.35. The Kier molecular flexibility index (Phi) is 5.49. The SMILES string of the molecule is CC(C)n1cc(C(CNSc2ccc3[nH]ccc3c2)N(C)C)c2ccccc21. The molecule has 4 aromatic rings. The maximum Gasteiger partial charge on any atom is 0.0497 e. The Morgan fingerprint density at radius 3 is 2.71 bits per heavy atom. The van der Waals surface area contributed by atoms with Gasteiger partial charge in [0.25, 0.3) is 0 Å². The van der Waals surface area contributed by atoms with Crippen LogP contribution in [-0.2, 0) is 0 Å². The molecule has 2 aromatic carbocycles. The van der Waals surface area contributed by atoms with Gasteiger partial charge in [0.15, 0.2) is 0 Å². The standard InChI is InChI=1S/C23H28N4S/c1-16(2)27-15-20(19-7-5-6-8-22(19)27)23(26(3)4)14-25-28-18-9-10-21-17(13-18)11-12-24-21/h5-13,15-16,23-25H,14H2,1-4H3. The molecule has 28 heavy (non-hydrogen) atoms. The quantitative estimate of drug-likeness (QED) is 0.402. The minimum Gasteiger partial charge on any atom is -0.361 e. The fourth-order valence-electron chi connectivity index (χ4n) is 3.79. The lowest BCUT2D eigenvalue weighted by Crippen LogP contribution is -2.28. The minimum absolute atomic E-state index is 0.299. The van der Waals surface area contributed by atoms with Gasteiger partial charge < -0.3 is 14.5 Å². The second-order valence-corrected chi connectivity index (χ2v) is 8.72. The van der Waals surface area contributed by atoms with Gasteiger partial charge in [0.1, 0.15) is 0 Å². The van der Waals surface area contributed by atoms with Crippen LogP contribution in [0.25, 0.3) is 21.8 Å². The summed E-state index contributed by atoms with van der Waals surface area (Å²) in [6.07, 6.45) is 4.32. The smallest absolute Gasteiger partial charge is 0.0497 e. The average Bonchev–Trinajstić information content (AvgIpc) is 3.29. The van der Waals surface area contributed by atoms with Gasteiger partial charge in [-0.1, -0.05) is 18.2 Å². The normalized spacial score (nSPS) is 13.2. The van der Waals surface area contributed by atoms with Crippen LogP contribution < -0.4 is 4.72 Å². The number of para-hydroxylation sites is 1. The number of fused-ring (bicyclic) bond motifs is 2. The minimum atomic E-state index is 0.299. The molecule has 1 atom stereocenters. The zero-order chi connectivity index (χ0) is 19.7. The van der Waals surface area contributed by atoms with Gasteiger partial charge in [-0.15, -0.1) is 0 Å². The van der Waals surface area contributed by atoms with E-state index in [1.165, 1.54) is 32.3 Å². The molecule has 0 aliphatic carbocycles. The van der Waals surface area contributed by atoms with Gasteiger partial charge in [0, 0.05) is 57.7 Å². The fourth-order valence-corrected chi connectivity index (χ4v) is 4.52. The van der Waals surface area contributed by atoms with Crippen molar-refractivity contribution < 1.29 is 0 Å². The van der Waals surface area contributed by atoms with E-state index >= 15 is 0 Å². The Labute approximate surface area is 171 Å². The maximum absolute atomic E-state index is 3.60. The molecule has 146 valence electrons. The van der Waals surface area contributed by atoms with Gasteiger partial charge in [0.05, 0.1) is 0 Å². The van der Waals surface area contributed by atoms with Crippen LogP contribution in [0, 0.1) is 0 Å². The van der Waals surface area contributed by atoms with Crippen LogP contribution in [0.1, 0.15) is 31.5 Å². The highest BCUT2D eigenvalue weighted by molar-refractivity contribution is 7.97. The molecule has 0 spiro atoms. The molecule has 2 N–H and O–H groups in total. The number of benzene rings is 2. The van der Waals surface area contributed by atoms with Crippen molar-refractivity contribution in [3.05, 3.63) is 66.5 Å². The predicted octanol–water partition coefficient (Wildman–Crippen LogP) is 5.60. The van der Waals surface area contributed by atoms with Gasteiger partial charge in [0.2, 0.25) is 0 Å². The van der Waals surface area contributed by atoms with Crippen LogP contribution in [0.2, 0.25) is 0 Å². The molecule has 0 saturated carbocycles. The van der Waals surface area contributed by atoms with Crippen LogP contribution in [-0.4, -0.2) is 35.1 Å². The van der Waals surface area contributed by atoms with E-state index in [1.807, 2.05) is 6.20 Å². The van der Waals surface area contributed by atoms with Crippen LogP contribution in [0.3, 0.4) is 0 Å². The molecular weight excluding hydrogens is 364 g/mol. The average molecular weight is 393 g/mol. The Hall–Kier alpha value is -2.21. The van der Waals surface area contributed by atoms with Crippen molar-refractivity contribution in [1.82, 2.24) is 19.2 Å². The Bertz CT molecular complexity index is 1080. The summed E-state index contributed by atoms with van der Waals surface area (Å²) in [6, 6.07) is 18.1. The zero-order valence-corrected chi connectivity index (χ0v) is 17.8. The van der Waals surface area contributed by atoms with E-state index in [4.69, 9.17) is 0 Å². The molecule has 0 saturated heterocycles. The molecule has 0 amide bonds. The highest BCUT2D eigenvalue weighted by Crippen LogP contribution is 2.31. The lowest BCUT2D eigenvalue weighted by atomic mass is 10.1. The largest absolute Gasteiger partial charge is 0.361 e. The van der Waals surface area contributed by atoms with Crippen LogP contribution in [0.4, 0.5) is 0 Å².